The largest absolute Gasteiger partial charge is 0.375 e. The summed E-state index contributed by atoms with van der Waals surface area (Å²) in [5.74, 6) is 0.0234. The molecule has 0 spiro atoms. The Labute approximate surface area is 108 Å². The fourth-order valence-electron chi connectivity index (χ4n) is 2.58. The Kier molecular flexibility index (Phi) is 3.99. The zero-order chi connectivity index (χ0) is 13.1. The van der Waals surface area contributed by atoms with Gasteiger partial charge in [0.25, 0.3) is 5.91 Å². The van der Waals surface area contributed by atoms with Gasteiger partial charge in [-0.2, -0.15) is 0 Å². The fraction of sp³-hybridized carbons (Fsp3) is 0.500. The molecule has 0 aromatic heterocycles. The van der Waals surface area contributed by atoms with E-state index in [1.807, 2.05) is 11.0 Å². The Morgan fingerprint density at radius 2 is 2.33 bits per heavy atom. The summed E-state index contributed by atoms with van der Waals surface area (Å²) >= 11 is 0. The lowest BCUT2D eigenvalue weighted by atomic mass is 10.1. The molecule has 1 amide bonds. The second kappa shape index (κ2) is 5.50. The highest BCUT2D eigenvalue weighted by Gasteiger charge is 2.30. The lowest BCUT2D eigenvalue weighted by molar-refractivity contribution is -0.122. The van der Waals surface area contributed by atoms with E-state index in [1.54, 1.807) is 7.11 Å². The number of fused-ring (bicyclic) bond motifs is 1. The van der Waals surface area contributed by atoms with Crippen molar-refractivity contribution < 1.29 is 9.53 Å². The number of hydrogen-bond acceptors (Lipinski definition) is 3. The van der Waals surface area contributed by atoms with Crippen LogP contribution >= 0.6 is 0 Å². The average Bonchev–Trinajstić information content (AvgIpc) is 2.65. The molecule has 0 saturated heterocycles. The first kappa shape index (κ1) is 13.1. The topological polar surface area (TPSA) is 55.6 Å². The van der Waals surface area contributed by atoms with E-state index < -0.39 is 0 Å². The number of carbonyl (C=O) groups is 1. The third-order valence-electron chi connectivity index (χ3n) is 3.33. The molecule has 1 atom stereocenters. The van der Waals surface area contributed by atoms with Crippen LogP contribution in [0.3, 0.4) is 0 Å². The molecule has 4 nitrogen and oxygen atoms in total. The van der Waals surface area contributed by atoms with Crippen LogP contribution in [0.4, 0.5) is 5.69 Å². The molecule has 98 valence electrons. The van der Waals surface area contributed by atoms with Crippen molar-refractivity contribution >= 4 is 11.6 Å². The molecule has 1 aliphatic rings. The molecule has 18 heavy (non-hydrogen) atoms. The second-order valence-corrected chi connectivity index (χ2v) is 4.75. The number of anilines is 1. The molecule has 1 unspecified atom stereocenters. The molecule has 0 fully saturated rings. The maximum absolute atomic E-state index is 12.0. The standard InChI is InChI=1S/C14H20N2O2/c1-10-7-12-8-11(5-6-15)3-4-13(12)16(10)14(17)9-18-2/h3-4,8,10H,5-7,9,15H2,1-2H3. The van der Waals surface area contributed by atoms with Gasteiger partial charge in [-0.3, -0.25) is 4.79 Å². The monoisotopic (exact) mass is 248 g/mol. The van der Waals surface area contributed by atoms with Crippen LogP contribution < -0.4 is 10.6 Å². The molecule has 0 bridgehead atoms. The van der Waals surface area contributed by atoms with Gasteiger partial charge in [-0.1, -0.05) is 12.1 Å². The maximum atomic E-state index is 12.0. The van der Waals surface area contributed by atoms with Crippen molar-refractivity contribution in [2.75, 3.05) is 25.2 Å². The zero-order valence-electron chi connectivity index (χ0n) is 11.0. The van der Waals surface area contributed by atoms with E-state index in [-0.39, 0.29) is 18.6 Å². The zero-order valence-corrected chi connectivity index (χ0v) is 11.0. The van der Waals surface area contributed by atoms with Crippen LogP contribution in [0.1, 0.15) is 18.1 Å². The van der Waals surface area contributed by atoms with E-state index in [2.05, 4.69) is 19.1 Å². The Balaban J connectivity index is 2.26. The number of benzene rings is 1. The van der Waals surface area contributed by atoms with Gasteiger partial charge in [-0.15, -0.1) is 0 Å². The summed E-state index contributed by atoms with van der Waals surface area (Å²) in [6.07, 6.45) is 1.79. The number of methoxy groups -OCH3 is 1. The number of amides is 1. The van der Waals surface area contributed by atoms with Crippen LogP contribution in [0.5, 0.6) is 0 Å². The Bertz CT molecular complexity index is 445. The van der Waals surface area contributed by atoms with Gasteiger partial charge in [-0.05, 0) is 43.5 Å². The molecular weight excluding hydrogens is 228 g/mol. The predicted molar refractivity (Wildman–Crippen MR) is 71.7 cm³/mol. The van der Waals surface area contributed by atoms with Crippen molar-refractivity contribution in [3.8, 4) is 0 Å². The first-order chi connectivity index (χ1) is 8.67. The van der Waals surface area contributed by atoms with Crippen LogP contribution in [0.2, 0.25) is 0 Å². The molecule has 1 aromatic rings. The Morgan fingerprint density at radius 1 is 1.56 bits per heavy atom. The van der Waals surface area contributed by atoms with E-state index in [9.17, 15) is 4.79 Å². The van der Waals surface area contributed by atoms with Gasteiger partial charge in [0.1, 0.15) is 6.61 Å². The molecule has 0 saturated carbocycles. The lowest BCUT2D eigenvalue weighted by Gasteiger charge is -2.22. The highest BCUT2D eigenvalue weighted by Crippen LogP contribution is 2.33. The third kappa shape index (κ3) is 2.40. The molecule has 0 aliphatic carbocycles. The van der Waals surface area contributed by atoms with Gasteiger partial charge in [0, 0.05) is 18.8 Å². The Morgan fingerprint density at radius 3 is 3.00 bits per heavy atom. The molecule has 1 aliphatic heterocycles. The maximum Gasteiger partial charge on any atom is 0.253 e. The fourth-order valence-corrected chi connectivity index (χ4v) is 2.58. The molecule has 1 aromatic carbocycles. The summed E-state index contributed by atoms with van der Waals surface area (Å²) in [7, 11) is 1.55. The van der Waals surface area contributed by atoms with Crippen LogP contribution in [0, 0.1) is 0 Å². The molecule has 2 N–H and O–H groups in total. The average molecular weight is 248 g/mol. The lowest BCUT2D eigenvalue weighted by Crippen LogP contribution is -2.38. The van der Waals surface area contributed by atoms with Crippen molar-refractivity contribution in [1.29, 1.82) is 0 Å². The minimum Gasteiger partial charge on any atom is -0.375 e. The summed E-state index contributed by atoms with van der Waals surface area (Å²) in [6, 6.07) is 6.45. The molecule has 2 rings (SSSR count). The highest BCUT2D eigenvalue weighted by atomic mass is 16.5. The van der Waals surface area contributed by atoms with Crippen molar-refractivity contribution in [2.24, 2.45) is 5.73 Å². The van der Waals surface area contributed by atoms with Gasteiger partial charge < -0.3 is 15.4 Å². The van der Waals surface area contributed by atoms with Crippen LogP contribution in [-0.2, 0) is 22.4 Å². The Hall–Kier alpha value is -1.39. The summed E-state index contributed by atoms with van der Waals surface area (Å²) in [5.41, 5.74) is 9.06. The van der Waals surface area contributed by atoms with Crippen LogP contribution in [0.15, 0.2) is 18.2 Å². The van der Waals surface area contributed by atoms with Gasteiger partial charge in [0.05, 0.1) is 0 Å². The van der Waals surface area contributed by atoms with E-state index >= 15 is 0 Å². The van der Waals surface area contributed by atoms with Crippen LogP contribution in [-0.4, -0.2) is 32.2 Å². The molecule has 4 heteroatoms. The van der Waals surface area contributed by atoms with Crippen molar-refractivity contribution in [3.05, 3.63) is 29.3 Å². The van der Waals surface area contributed by atoms with Crippen molar-refractivity contribution in [2.45, 2.75) is 25.8 Å². The van der Waals surface area contributed by atoms with E-state index in [4.69, 9.17) is 10.5 Å². The summed E-state index contributed by atoms with van der Waals surface area (Å²) in [4.78, 5) is 13.8. The SMILES string of the molecule is COCC(=O)N1c2ccc(CCN)cc2CC1C. The van der Waals surface area contributed by atoms with E-state index in [0.29, 0.717) is 6.54 Å². The highest BCUT2D eigenvalue weighted by molar-refractivity contribution is 5.97. The van der Waals surface area contributed by atoms with Gasteiger partial charge in [0.15, 0.2) is 0 Å². The van der Waals surface area contributed by atoms with Gasteiger partial charge >= 0.3 is 0 Å². The predicted octanol–water partition coefficient (Wildman–Crippen LogP) is 1.11. The minimum atomic E-state index is 0.0234. The minimum absolute atomic E-state index is 0.0234. The molecule has 1 heterocycles. The van der Waals surface area contributed by atoms with Gasteiger partial charge in [-0.25, -0.2) is 0 Å². The van der Waals surface area contributed by atoms with Crippen molar-refractivity contribution in [3.63, 3.8) is 0 Å². The molecular formula is C14H20N2O2. The first-order valence-corrected chi connectivity index (χ1v) is 6.30. The summed E-state index contributed by atoms with van der Waals surface area (Å²) in [6.45, 7) is 2.85. The first-order valence-electron chi connectivity index (χ1n) is 6.30. The molecule has 0 radical (unpaired) electrons. The summed E-state index contributed by atoms with van der Waals surface area (Å²) < 4.78 is 4.93. The second-order valence-electron chi connectivity index (χ2n) is 4.75. The number of carbonyl (C=O) groups excluding carboxylic acids is 1. The van der Waals surface area contributed by atoms with Crippen LogP contribution in [0.25, 0.3) is 0 Å². The number of nitrogens with two attached hydrogens (primary N) is 1. The number of hydrogen-bond donors (Lipinski definition) is 1. The number of ether oxygens (including phenoxy) is 1. The number of nitrogens with zero attached hydrogens (tertiary/aromatic N) is 1. The van der Waals surface area contributed by atoms with E-state index in [0.717, 1.165) is 18.5 Å². The summed E-state index contributed by atoms with van der Waals surface area (Å²) in [5, 5.41) is 0. The third-order valence-corrected chi connectivity index (χ3v) is 3.33. The van der Waals surface area contributed by atoms with E-state index in [1.165, 1.54) is 11.1 Å². The van der Waals surface area contributed by atoms with Crippen molar-refractivity contribution in [1.82, 2.24) is 0 Å². The quantitative estimate of drug-likeness (QED) is 0.868. The number of rotatable bonds is 4. The van der Waals surface area contributed by atoms with Gasteiger partial charge in [0.2, 0.25) is 0 Å². The smallest absolute Gasteiger partial charge is 0.253 e. The normalized spacial score (nSPS) is 17.9.